The SMILES string of the molecule is CC1(C)OC[C@H]2O[C@H]3C[C@H]4O[C@@H](COCc5ccccc5)[C@H](OCc5ccccc5)CC[C@H]4O[C@@H]3CC[C@@H]2O1. The van der Waals surface area contributed by atoms with Crippen molar-refractivity contribution in [2.75, 3.05) is 13.2 Å². The minimum Gasteiger partial charge on any atom is -0.374 e. The lowest BCUT2D eigenvalue weighted by molar-refractivity contribution is -0.316. The van der Waals surface area contributed by atoms with Gasteiger partial charge < -0.3 is 33.2 Å². The minimum atomic E-state index is -0.572. The molecule has 6 rings (SSSR count). The van der Waals surface area contributed by atoms with Crippen molar-refractivity contribution < 1.29 is 33.2 Å². The average molecular weight is 539 g/mol. The van der Waals surface area contributed by atoms with Crippen LogP contribution in [-0.2, 0) is 46.4 Å². The highest BCUT2D eigenvalue weighted by Gasteiger charge is 2.48. The van der Waals surface area contributed by atoms with Gasteiger partial charge in [0.25, 0.3) is 0 Å². The molecule has 4 heterocycles. The van der Waals surface area contributed by atoms with Crippen molar-refractivity contribution in [1.82, 2.24) is 0 Å². The Morgan fingerprint density at radius 2 is 1.31 bits per heavy atom. The van der Waals surface area contributed by atoms with Crippen LogP contribution in [0.15, 0.2) is 60.7 Å². The van der Waals surface area contributed by atoms with Gasteiger partial charge in [0.1, 0.15) is 12.2 Å². The molecule has 0 aromatic heterocycles. The van der Waals surface area contributed by atoms with Gasteiger partial charge in [0.15, 0.2) is 5.79 Å². The molecule has 39 heavy (non-hydrogen) atoms. The maximum Gasteiger partial charge on any atom is 0.163 e. The fraction of sp³-hybridized carbons (Fsp3) is 0.625. The van der Waals surface area contributed by atoms with Gasteiger partial charge in [0, 0.05) is 6.42 Å². The standard InChI is InChI=1S/C32H42O7/c1-32(2)35-21-31-27(39-32)16-15-26-29(38-31)17-28-25(36-26)14-13-24(34-19-23-11-7-4-8-12-23)30(37-28)20-33-18-22-9-5-3-6-10-22/h3-12,24-31H,13-21H2,1-2H3/t24-,25-,26-,27+,28-,29+,30+,31-/m1/s1. The van der Waals surface area contributed by atoms with Crippen LogP contribution in [0.4, 0.5) is 0 Å². The van der Waals surface area contributed by atoms with Crippen molar-refractivity contribution in [3.05, 3.63) is 71.8 Å². The topological polar surface area (TPSA) is 64.6 Å². The third-order valence-electron chi connectivity index (χ3n) is 8.37. The third-order valence-corrected chi connectivity index (χ3v) is 8.37. The van der Waals surface area contributed by atoms with E-state index < -0.39 is 5.79 Å². The van der Waals surface area contributed by atoms with Crippen molar-refractivity contribution in [2.45, 2.75) is 114 Å². The Balaban J connectivity index is 1.12. The molecule has 7 heteroatoms. The number of hydrogen-bond donors (Lipinski definition) is 0. The summed E-state index contributed by atoms with van der Waals surface area (Å²) in [7, 11) is 0. The molecule has 0 saturated carbocycles. The largest absolute Gasteiger partial charge is 0.374 e. The monoisotopic (exact) mass is 538 g/mol. The number of benzene rings is 2. The van der Waals surface area contributed by atoms with Crippen LogP contribution in [0.5, 0.6) is 0 Å². The Morgan fingerprint density at radius 1 is 0.692 bits per heavy atom. The Bertz CT molecular complexity index is 1030. The molecule has 0 bridgehead atoms. The third kappa shape index (κ3) is 6.91. The summed E-state index contributed by atoms with van der Waals surface area (Å²) in [6.45, 7) is 6.05. The summed E-state index contributed by atoms with van der Waals surface area (Å²) >= 11 is 0. The van der Waals surface area contributed by atoms with Gasteiger partial charge in [-0.15, -0.1) is 0 Å². The molecule has 4 fully saturated rings. The summed E-state index contributed by atoms with van der Waals surface area (Å²) < 4.78 is 44.9. The Hall–Kier alpha value is -1.84. The maximum absolute atomic E-state index is 6.80. The second-order valence-electron chi connectivity index (χ2n) is 11.7. The molecular weight excluding hydrogens is 496 g/mol. The molecule has 4 saturated heterocycles. The molecule has 2 aromatic rings. The first-order chi connectivity index (χ1) is 19.0. The molecule has 0 spiro atoms. The number of fused-ring (bicyclic) bond motifs is 3. The molecule has 0 unspecified atom stereocenters. The highest BCUT2D eigenvalue weighted by Crippen LogP contribution is 2.39. The highest BCUT2D eigenvalue weighted by atomic mass is 16.7. The van der Waals surface area contributed by atoms with E-state index in [-0.39, 0.29) is 48.8 Å². The molecule has 8 atom stereocenters. The zero-order valence-corrected chi connectivity index (χ0v) is 23.1. The second-order valence-corrected chi connectivity index (χ2v) is 11.7. The smallest absolute Gasteiger partial charge is 0.163 e. The zero-order chi connectivity index (χ0) is 26.7. The van der Waals surface area contributed by atoms with Gasteiger partial charge in [-0.25, -0.2) is 0 Å². The van der Waals surface area contributed by atoms with E-state index in [0.717, 1.165) is 43.2 Å². The lowest BCUT2D eigenvalue weighted by Crippen LogP contribution is -2.52. The van der Waals surface area contributed by atoms with Crippen LogP contribution in [0, 0.1) is 0 Å². The van der Waals surface area contributed by atoms with Crippen molar-refractivity contribution in [3.63, 3.8) is 0 Å². The van der Waals surface area contributed by atoms with Crippen LogP contribution in [0.25, 0.3) is 0 Å². The van der Waals surface area contributed by atoms with E-state index >= 15 is 0 Å². The first-order valence-corrected chi connectivity index (χ1v) is 14.6. The van der Waals surface area contributed by atoms with Crippen molar-refractivity contribution in [1.29, 1.82) is 0 Å². The van der Waals surface area contributed by atoms with E-state index in [1.165, 1.54) is 0 Å². The second kappa shape index (κ2) is 12.4. The summed E-state index contributed by atoms with van der Waals surface area (Å²) in [5.41, 5.74) is 2.31. The Kier molecular flexibility index (Phi) is 8.66. The highest BCUT2D eigenvalue weighted by molar-refractivity contribution is 5.14. The van der Waals surface area contributed by atoms with Gasteiger partial charge in [-0.05, 0) is 50.7 Å². The van der Waals surface area contributed by atoms with E-state index in [2.05, 4.69) is 24.3 Å². The van der Waals surface area contributed by atoms with Gasteiger partial charge in [-0.2, -0.15) is 0 Å². The fourth-order valence-corrected chi connectivity index (χ4v) is 6.32. The van der Waals surface area contributed by atoms with Gasteiger partial charge in [0.2, 0.25) is 0 Å². The van der Waals surface area contributed by atoms with E-state index in [1.807, 2.05) is 50.2 Å². The van der Waals surface area contributed by atoms with Crippen LogP contribution >= 0.6 is 0 Å². The molecule has 0 N–H and O–H groups in total. The normalized spacial score (nSPS) is 36.1. The molecule has 0 radical (unpaired) electrons. The number of ether oxygens (including phenoxy) is 7. The summed E-state index contributed by atoms with van der Waals surface area (Å²) in [4.78, 5) is 0. The van der Waals surface area contributed by atoms with E-state index in [0.29, 0.717) is 26.4 Å². The predicted molar refractivity (Wildman–Crippen MR) is 145 cm³/mol. The molecule has 7 nitrogen and oxygen atoms in total. The average Bonchev–Trinajstić information content (AvgIpc) is 3.22. The lowest BCUT2D eigenvalue weighted by Gasteiger charge is -2.43. The molecule has 2 aromatic carbocycles. The molecule has 0 aliphatic carbocycles. The Labute approximate surface area is 232 Å². The molecular formula is C32H42O7. The lowest BCUT2D eigenvalue weighted by atomic mass is 9.93. The summed E-state index contributed by atoms with van der Waals surface area (Å²) in [6, 6.07) is 20.6. The molecule has 0 amide bonds. The Morgan fingerprint density at radius 3 is 2.05 bits per heavy atom. The van der Waals surface area contributed by atoms with Gasteiger partial charge in [0.05, 0.1) is 63.1 Å². The molecule has 4 aliphatic rings. The van der Waals surface area contributed by atoms with E-state index in [4.69, 9.17) is 33.2 Å². The maximum atomic E-state index is 6.80. The number of rotatable bonds is 7. The van der Waals surface area contributed by atoms with Crippen LogP contribution in [0.3, 0.4) is 0 Å². The van der Waals surface area contributed by atoms with Crippen molar-refractivity contribution >= 4 is 0 Å². The van der Waals surface area contributed by atoms with Crippen molar-refractivity contribution in [3.8, 4) is 0 Å². The molecule has 212 valence electrons. The summed E-state index contributed by atoms with van der Waals surface area (Å²) in [6.07, 6.45) is 4.02. The first-order valence-electron chi connectivity index (χ1n) is 14.6. The van der Waals surface area contributed by atoms with Crippen LogP contribution in [-0.4, -0.2) is 67.8 Å². The van der Waals surface area contributed by atoms with Gasteiger partial charge >= 0.3 is 0 Å². The molecule has 4 aliphatic heterocycles. The van der Waals surface area contributed by atoms with Crippen LogP contribution in [0.1, 0.15) is 57.1 Å². The first kappa shape index (κ1) is 27.3. The van der Waals surface area contributed by atoms with Crippen LogP contribution in [0.2, 0.25) is 0 Å². The number of hydrogen-bond acceptors (Lipinski definition) is 7. The van der Waals surface area contributed by atoms with Gasteiger partial charge in [-0.1, -0.05) is 60.7 Å². The van der Waals surface area contributed by atoms with E-state index in [9.17, 15) is 0 Å². The van der Waals surface area contributed by atoms with Crippen molar-refractivity contribution in [2.24, 2.45) is 0 Å². The van der Waals surface area contributed by atoms with Gasteiger partial charge in [-0.3, -0.25) is 0 Å². The predicted octanol–water partition coefficient (Wildman–Crippen LogP) is 5.19. The van der Waals surface area contributed by atoms with E-state index in [1.54, 1.807) is 0 Å². The fourth-order valence-electron chi connectivity index (χ4n) is 6.32. The summed E-state index contributed by atoms with van der Waals surface area (Å²) in [5.74, 6) is -0.572. The summed E-state index contributed by atoms with van der Waals surface area (Å²) in [5, 5.41) is 0. The van der Waals surface area contributed by atoms with Crippen LogP contribution < -0.4 is 0 Å². The minimum absolute atomic E-state index is 0.0190. The zero-order valence-electron chi connectivity index (χ0n) is 23.1. The quantitative estimate of drug-likeness (QED) is 0.481.